The van der Waals surface area contributed by atoms with Gasteiger partial charge in [-0.05, 0) is 36.1 Å². The van der Waals surface area contributed by atoms with Crippen LogP contribution in [-0.4, -0.2) is 20.9 Å². The summed E-state index contributed by atoms with van der Waals surface area (Å²) in [7, 11) is 0. The number of nitrogens with zero attached hydrogens (tertiary/aromatic N) is 3. The van der Waals surface area contributed by atoms with Gasteiger partial charge in [-0.25, -0.2) is 0 Å². The van der Waals surface area contributed by atoms with Crippen LogP contribution in [0.5, 0.6) is 0 Å². The number of benzene rings is 2. The quantitative estimate of drug-likeness (QED) is 0.691. The third kappa shape index (κ3) is 4.92. The van der Waals surface area contributed by atoms with E-state index in [4.69, 9.17) is 11.6 Å². The van der Waals surface area contributed by atoms with Gasteiger partial charge in [-0.3, -0.25) is 4.79 Å². The molecule has 6 heteroatoms. The second kappa shape index (κ2) is 8.63. The Kier molecular flexibility index (Phi) is 6.02. The lowest BCUT2D eigenvalue weighted by Gasteiger charge is -2.19. The van der Waals surface area contributed by atoms with Crippen LogP contribution in [0.1, 0.15) is 29.2 Å². The summed E-state index contributed by atoms with van der Waals surface area (Å²) in [4.78, 5) is 14.1. The first kappa shape index (κ1) is 18.1. The molecule has 1 amide bonds. The number of halogens is 1. The zero-order chi connectivity index (χ0) is 18.4. The lowest BCUT2D eigenvalue weighted by atomic mass is 10.0. The van der Waals surface area contributed by atoms with E-state index in [1.165, 1.54) is 0 Å². The summed E-state index contributed by atoms with van der Waals surface area (Å²) >= 11 is 6.05. The summed E-state index contributed by atoms with van der Waals surface area (Å²) < 4.78 is 0. The Morgan fingerprint density at radius 3 is 2.58 bits per heavy atom. The second-order valence-electron chi connectivity index (χ2n) is 6.20. The molecule has 3 aromatic rings. The molecule has 0 unspecified atom stereocenters. The summed E-state index contributed by atoms with van der Waals surface area (Å²) in [5.74, 6) is -0.00128. The van der Waals surface area contributed by atoms with Gasteiger partial charge in [-0.15, -0.1) is 0 Å². The lowest BCUT2D eigenvalue weighted by molar-refractivity contribution is -0.121. The van der Waals surface area contributed by atoms with Gasteiger partial charge in [0.25, 0.3) is 0 Å². The van der Waals surface area contributed by atoms with Crippen LogP contribution in [0.25, 0.3) is 0 Å². The fraction of sp³-hybridized carbons (Fsp3) is 0.250. The normalized spacial score (nSPS) is 11.9. The van der Waals surface area contributed by atoms with Crippen molar-refractivity contribution in [3.8, 4) is 0 Å². The number of hydrogen-bond acceptors (Lipinski definition) is 3. The molecule has 0 saturated heterocycles. The molecule has 1 atom stereocenters. The minimum absolute atomic E-state index is 0.00128. The smallest absolute Gasteiger partial charge is 0.220 e. The molecule has 5 nitrogen and oxygen atoms in total. The van der Waals surface area contributed by atoms with Crippen LogP contribution in [0.4, 0.5) is 0 Å². The Morgan fingerprint density at radius 1 is 1.15 bits per heavy atom. The largest absolute Gasteiger partial charge is 0.347 e. The van der Waals surface area contributed by atoms with E-state index in [0.717, 1.165) is 21.7 Å². The minimum Gasteiger partial charge on any atom is -0.347 e. The molecule has 1 N–H and O–H groups in total. The number of amides is 1. The number of carbonyl (C=O) groups is 1. The SMILES string of the molecule is Cc1cc(CCC(=O)N[C@@H](Cn2nccn2)c2ccccc2)ccc1Cl. The molecule has 0 aliphatic carbocycles. The number of aromatic nitrogens is 3. The summed E-state index contributed by atoms with van der Waals surface area (Å²) in [5, 5.41) is 12.1. The molecule has 1 aromatic heterocycles. The van der Waals surface area contributed by atoms with Crippen LogP contribution in [0.2, 0.25) is 5.02 Å². The molecule has 0 fully saturated rings. The van der Waals surface area contributed by atoms with E-state index in [0.29, 0.717) is 19.4 Å². The van der Waals surface area contributed by atoms with E-state index in [1.54, 1.807) is 17.2 Å². The van der Waals surface area contributed by atoms with Crippen molar-refractivity contribution in [3.05, 3.63) is 82.6 Å². The van der Waals surface area contributed by atoms with Crippen LogP contribution in [0, 0.1) is 6.92 Å². The maximum atomic E-state index is 12.5. The topological polar surface area (TPSA) is 59.8 Å². The van der Waals surface area contributed by atoms with E-state index in [-0.39, 0.29) is 11.9 Å². The van der Waals surface area contributed by atoms with Gasteiger partial charge in [0, 0.05) is 11.4 Å². The van der Waals surface area contributed by atoms with Gasteiger partial charge in [0.2, 0.25) is 5.91 Å². The average molecular weight is 369 g/mol. The highest BCUT2D eigenvalue weighted by molar-refractivity contribution is 6.31. The van der Waals surface area contributed by atoms with Gasteiger partial charge >= 0.3 is 0 Å². The van der Waals surface area contributed by atoms with Gasteiger partial charge < -0.3 is 5.32 Å². The van der Waals surface area contributed by atoms with Gasteiger partial charge in [0.15, 0.2) is 0 Å². The molecule has 134 valence electrons. The van der Waals surface area contributed by atoms with Crippen molar-refractivity contribution in [3.63, 3.8) is 0 Å². The summed E-state index contributed by atoms with van der Waals surface area (Å²) in [6, 6.07) is 15.6. The monoisotopic (exact) mass is 368 g/mol. The van der Waals surface area contributed by atoms with Crippen molar-refractivity contribution in [2.24, 2.45) is 0 Å². The molecule has 0 bridgehead atoms. The van der Waals surface area contributed by atoms with Crippen molar-refractivity contribution < 1.29 is 4.79 Å². The predicted octanol–water partition coefficient (Wildman–Crippen LogP) is 3.73. The Hall–Kier alpha value is -2.66. The summed E-state index contributed by atoms with van der Waals surface area (Å²) in [6.07, 6.45) is 4.35. The van der Waals surface area contributed by atoms with Crippen LogP contribution in [0.15, 0.2) is 60.9 Å². The third-order valence-electron chi connectivity index (χ3n) is 4.21. The van der Waals surface area contributed by atoms with E-state index in [1.807, 2.05) is 55.5 Å². The summed E-state index contributed by atoms with van der Waals surface area (Å²) in [6.45, 7) is 2.46. The highest BCUT2D eigenvalue weighted by Crippen LogP contribution is 2.18. The van der Waals surface area contributed by atoms with E-state index >= 15 is 0 Å². The molecule has 0 aliphatic rings. The Labute approximate surface area is 158 Å². The van der Waals surface area contributed by atoms with Crippen LogP contribution in [-0.2, 0) is 17.8 Å². The highest BCUT2D eigenvalue weighted by atomic mass is 35.5. The second-order valence-corrected chi connectivity index (χ2v) is 6.61. The first-order valence-electron chi connectivity index (χ1n) is 8.55. The number of aryl methyl sites for hydroxylation is 2. The van der Waals surface area contributed by atoms with Gasteiger partial charge in [0.1, 0.15) is 0 Å². The first-order chi connectivity index (χ1) is 12.6. The van der Waals surface area contributed by atoms with E-state index < -0.39 is 0 Å². The zero-order valence-corrected chi connectivity index (χ0v) is 15.4. The van der Waals surface area contributed by atoms with Crippen LogP contribution < -0.4 is 5.32 Å². The molecule has 0 radical (unpaired) electrons. The predicted molar refractivity (Wildman–Crippen MR) is 102 cm³/mol. The number of rotatable bonds is 7. The first-order valence-corrected chi connectivity index (χ1v) is 8.93. The number of carbonyl (C=O) groups excluding carboxylic acids is 1. The van der Waals surface area contributed by atoms with Gasteiger partial charge in [0.05, 0.1) is 25.0 Å². The van der Waals surface area contributed by atoms with Gasteiger partial charge in [-0.1, -0.05) is 54.1 Å². The molecule has 3 rings (SSSR count). The maximum Gasteiger partial charge on any atom is 0.220 e. The molecule has 1 heterocycles. The van der Waals surface area contributed by atoms with Crippen molar-refractivity contribution in [1.29, 1.82) is 0 Å². The molecule has 26 heavy (non-hydrogen) atoms. The number of hydrogen-bond donors (Lipinski definition) is 1. The third-order valence-corrected chi connectivity index (χ3v) is 4.64. The molecular formula is C20H21ClN4O. The molecule has 0 spiro atoms. The highest BCUT2D eigenvalue weighted by Gasteiger charge is 2.16. The Bertz CT molecular complexity index is 850. The molecule has 0 saturated carbocycles. The van der Waals surface area contributed by atoms with Crippen molar-refractivity contribution in [2.45, 2.75) is 32.4 Å². The average Bonchev–Trinajstić information content (AvgIpc) is 3.16. The van der Waals surface area contributed by atoms with Gasteiger partial charge in [-0.2, -0.15) is 15.0 Å². The lowest BCUT2D eigenvalue weighted by Crippen LogP contribution is -2.32. The Balaban J connectivity index is 1.64. The van der Waals surface area contributed by atoms with E-state index in [9.17, 15) is 4.79 Å². The fourth-order valence-electron chi connectivity index (χ4n) is 2.81. The number of nitrogens with one attached hydrogen (secondary N) is 1. The van der Waals surface area contributed by atoms with Crippen molar-refractivity contribution >= 4 is 17.5 Å². The van der Waals surface area contributed by atoms with Crippen molar-refractivity contribution in [1.82, 2.24) is 20.3 Å². The molecule has 2 aromatic carbocycles. The van der Waals surface area contributed by atoms with Crippen molar-refractivity contribution in [2.75, 3.05) is 0 Å². The zero-order valence-electron chi connectivity index (χ0n) is 14.6. The fourth-order valence-corrected chi connectivity index (χ4v) is 2.92. The molecule has 0 aliphatic heterocycles. The van der Waals surface area contributed by atoms with Crippen LogP contribution in [0.3, 0.4) is 0 Å². The standard InChI is InChI=1S/C20H21ClN4O/c1-15-13-16(7-9-18(15)21)8-10-20(26)24-19(14-25-22-11-12-23-25)17-5-3-2-4-6-17/h2-7,9,11-13,19H,8,10,14H2,1H3,(H,24,26)/t19-/m0/s1. The minimum atomic E-state index is -0.178. The van der Waals surface area contributed by atoms with Crippen LogP contribution >= 0.6 is 11.6 Å². The van der Waals surface area contributed by atoms with E-state index in [2.05, 4.69) is 15.5 Å². The maximum absolute atomic E-state index is 12.5. The molecular weight excluding hydrogens is 348 g/mol. The summed E-state index contributed by atoms with van der Waals surface area (Å²) in [5.41, 5.74) is 3.16. The Morgan fingerprint density at radius 2 is 1.88 bits per heavy atom.